The molecule has 3 aliphatic carbocycles. The summed E-state index contributed by atoms with van der Waals surface area (Å²) in [7, 11) is 0. The van der Waals surface area contributed by atoms with Crippen molar-refractivity contribution in [2.75, 3.05) is 5.75 Å². The molecule has 0 saturated heterocycles. The molecule has 5 unspecified atom stereocenters. The summed E-state index contributed by atoms with van der Waals surface area (Å²) in [5, 5.41) is 12.0. The molecule has 0 amide bonds. The maximum absolute atomic E-state index is 14.3. The fourth-order valence-corrected chi connectivity index (χ4v) is 8.73. The van der Waals surface area contributed by atoms with E-state index < -0.39 is 17.3 Å². The van der Waals surface area contributed by atoms with Gasteiger partial charge in [0.15, 0.2) is 28.7 Å². The quantitative estimate of drug-likeness (QED) is 0.232. The van der Waals surface area contributed by atoms with E-state index in [1.165, 1.54) is 17.3 Å². The van der Waals surface area contributed by atoms with Crippen LogP contribution in [0.15, 0.2) is 41.2 Å². The Labute approximate surface area is 245 Å². The minimum Gasteiger partial charge on any atom is -0.368 e. The van der Waals surface area contributed by atoms with Crippen LogP contribution in [0.1, 0.15) is 79.1 Å². The van der Waals surface area contributed by atoms with Gasteiger partial charge in [0.2, 0.25) is 0 Å². The monoisotopic (exact) mass is 585 g/mol. The van der Waals surface area contributed by atoms with E-state index in [1.54, 1.807) is 18.3 Å². The van der Waals surface area contributed by atoms with Gasteiger partial charge < -0.3 is 14.8 Å². The molecule has 2 saturated carbocycles. The number of ketones is 2. The fraction of sp³-hybridized carbons (Fsp3) is 0.613. The molecule has 6 atom stereocenters. The highest BCUT2D eigenvalue weighted by molar-refractivity contribution is 7.99. The molecule has 2 heterocycles. The van der Waals surface area contributed by atoms with Crippen molar-refractivity contribution >= 4 is 46.1 Å². The summed E-state index contributed by atoms with van der Waals surface area (Å²) in [6.07, 6.45) is 12.5. The van der Waals surface area contributed by atoms with Gasteiger partial charge in [-0.2, -0.15) is 0 Å². The Morgan fingerprint density at radius 1 is 1.35 bits per heavy atom. The Morgan fingerprint density at radius 3 is 2.90 bits per heavy atom. The Kier molecular flexibility index (Phi) is 8.37. The van der Waals surface area contributed by atoms with Crippen LogP contribution in [0.4, 0.5) is 0 Å². The second-order valence-electron chi connectivity index (χ2n) is 12.2. The second kappa shape index (κ2) is 11.3. The smallest absolute Gasteiger partial charge is 0.178 e. The zero-order valence-corrected chi connectivity index (χ0v) is 25.4. The van der Waals surface area contributed by atoms with E-state index in [-0.39, 0.29) is 22.7 Å². The van der Waals surface area contributed by atoms with Crippen LogP contribution >= 0.6 is 23.4 Å². The van der Waals surface area contributed by atoms with Crippen molar-refractivity contribution in [2.24, 2.45) is 22.7 Å². The molecular formula is C31H40ClN3O4S. The third kappa shape index (κ3) is 5.21. The summed E-state index contributed by atoms with van der Waals surface area (Å²) >= 11 is 7.41. The Balaban J connectivity index is 1.41. The highest BCUT2D eigenvalue weighted by atomic mass is 35.5. The lowest BCUT2D eigenvalue weighted by molar-refractivity contribution is -0.236. The molecule has 0 bridgehead atoms. The Bertz CT molecular complexity index is 1360. The Morgan fingerprint density at radius 2 is 2.15 bits per heavy atom. The molecule has 216 valence electrons. The number of H-pyrrole nitrogens is 1. The van der Waals surface area contributed by atoms with Crippen molar-refractivity contribution in [3.05, 3.63) is 41.1 Å². The molecule has 0 aliphatic heterocycles. The van der Waals surface area contributed by atoms with E-state index in [4.69, 9.17) is 16.3 Å². The minimum atomic E-state index is -1.12. The van der Waals surface area contributed by atoms with Crippen molar-refractivity contribution in [2.45, 2.75) is 96.1 Å². The lowest BCUT2D eigenvalue weighted by Gasteiger charge is -2.58. The summed E-state index contributed by atoms with van der Waals surface area (Å²) in [6, 6.07) is 1.77. The van der Waals surface area contributed by atoms with Gasteiger partial charge in [-0.1, -0.05) is 69.1 Å². The fourth-order valence-electron chi connectivity index (χ4n) is 7.74. The van der Waals surface area contributed by atoms with E-state index >= 15 is 0 Å². The first kappa shape index (κ1) is 29.5. The molecule has 7 nitrogen and oxygen atoms in total. The van der Waals surface area contributed by atoms with E-state index in [0.29, 0.717) is 40.5 Å². The third-order valence-corrected chi connectivity index (χ3v) is 10.9. The normalized spacial score (nSPS) is 30.4. The molecule has 3 aliphatic rings. The lowest BCUT2D eigenvalue weighted by atomic mass is 9.48. The van der Waals surface area contributed by atoms with Crippen molar-refractivity contribution in [1.82, 2.24) is 15.0 Å². The summed E-state index contributed by atoms with van der Waals surface area (Å²) in [5.41, 5.74) is 0.844. The minimum absolute atomic E-state index is 0.0201. The zero-order valence-electron chi connectivity index (χ0n) is 23.8. The standard InChI is InChI=1S/C31H40ClN3O4S/c1-5-7-26(38)39-31(6-2,25(37)18-40-28-34-24-15-21(32)17-33-27(24)35-28)29(3)12-11-23-19(16-29)8-9-20-14-22(36)10-13-30(20,23)4/h10,13-15,17,19,23,26,38H,5-9,11-12,16,18H2,1-4H3,(H,33,34,35)/t19?,23?,26?,29?,30?,31-/m0/s1. The second-order valence-corrected chi connectivity index (χ2v) is 13.6. The van der Waals surface area contributed by atoms with Crippen LogP contribution in [0.25, 0.3) is 11.2 Å². The predicted molar refractivity (Wildman–Crippen MR) is 158 cm³/mol. The molecule has 2 N–H and O–H groups in total. The SMILES string of the molecule is CCCC(O)O[C@@](CC)(C(=O)CSc1nc2ncc(Cl)cc2[nH]1)C1(C)CCC2C(CCC3=CC(=O)C=CC32C)C1. The van der Waals surface area contributed by atoms with Gasteiger partial charge in [0.1, 0.15) is 5.60 Å². The van der Waals surface area contributed by atoms with Crippen LogP contribution in [-0.2, 0) is 14.3 Å². The van der Waals surface area contributed by atoms with Crippen molar-refractivity contribution in [3.63, 3.8) is 0 Å². The predicted octanol–water partition coefficient (Wildman–Crippen LogP) is 6.84. The topological polar surface area (TPSA) is 105 Å². The first-order valence-corrected chi connectivity index (χ1v) is 15.9. The maximum Gasteiger partial charge on any atom is 0.178 e. The molecule has 0 radical (unpaired) electrons. The number of nitrogens with one attached hydrogen (secondary N) is 1. The number of aromatic amines is 1. The van der Waals surface area contributed by atoms with Gasteiger partial charge in [-0.15, -0.1) is 0 Å². The molecule has 2 aromatic heterocycles. The number of rotatable bonds is 10. The van der Waals surface area contributed by atoms with Gasteiger partial charge in [0.25, 0.3) is 0 Å². The number of ether oxygens (including phenoxy) is 1. The molecule has 40 heavy (non-hydrogen) atoms. The van der Waals surface area contributed by atoms with Crippen LogP contribution in [0.5, 0.6) is 0 Å². The van der Waals surface area contributed by atoms with Gasteiger partial charge in [0.05, 0.1) is 16.3 Å². The van der Waals surface area contributed by atoms with E-state index in [9.17, 15) is 14.7 Å². The van der Waals surface area contributed by atoms with E-state index in [2.05, 4.69) is 34.9 Å². The summed E-state index contributed by atoms with van der Waals surface area (Å²) in [4.78, 5) is 38.4. The summed E-state index contributed by atoms with van der Waals surface area (Å²) < 4.78 is 6.48. The van der Waals surface area contributed by atoms with E-state index in [0.717, 1.165) is 44.0 Å². The van der Waals surface area contributed by atoms with Crippen LogP contribution in [0.3, 0.4) is 0 Å². The number of nitrogens with zero attached hydrogens (tertiary/aromatic N) is 2. The number of carbonyl (C=O) groups excluding carboxylic acids is 2. The number of hydrogen-bond donors (Lipinski definition) is 2. The molecular weight excluding hydrogens is 546 g/mol. The number of carbonyl (C=O) groups is 2. The first-order chi connectivity index (χ1) is 19.0. The number of aliphatic hydroxyl groups excluding tert-OH is 1. The molecule has 9 heteroatoms. The number of imidazole rings is 1. The molecule has 0 spiro atoms. The number of allylic oxidation sites excluding steroid dienone is 4. The number of Topliss-reactive ketones (excluding diaryl/α,β-unsaturated/α-hetero) is 1. The van der Waals surface area contributed by atoms with Crippen molar-refractivity contribution in [1.29, 1.82) is 0 Å². The van der Waals surface area contributed by atoms with Crippen LogP contribution in [0.2, 0.25) is 5.02 Å². The maximum atomic E-state index is 14.3. The van der Waals surface area contributed by atoms with Crippen LogP contribution in [0, 0.1) is 22.7 Å². The molecule has 2 aromatic rings. The largest absolute Gasteiger partial charge is 0.368 e. The number of hydrogen-bond acceptors (Lipinski definition) is 7. The number of pyridine rings is 1. The van der Waals surface area contributed by atoms with Crippen molar-refractivity contribution in [3.8, 4) is 0 Å². The summed E-state index contributed by atoms with van der Waals surface area (Å²) in [6.45, 7) is 8.47. The average molecular weight is 586 g/mol. The number of fused-ring (bicyclic) bond motifs is 4. The van der Waals surface area contributed by atoms with Gasteiger partial charge >= 0.3 is 0 Å². The Hall–Kier alpha value is -2.00. The number of aromatic nitrogens is 3. The molecule has 2 fully saturated rings. The van der Waals surface area contributed by atoms with Gasteiger partial charge in [0, 0.05) is 17.0 Å². The number of aliphatic hydroxyl groups is 1. The molecule has 5 rings (SSSR count). The van der Waals surface area contributed by atoms with Gasteiger partial charge in [-0.3, -0.25) is 9.59 Å². The summed E-state index contributed by atoms with van der Waals surface area (Å²) in [5.74, 6) is 1.05. The first-order valence-electron chi connectivity index (χ1n) is 14.5. The number of thioether (sulfide) groups is 1. The molecule has 0 aromatic carbocycles. The number of halogens is 1. The van der Waals surface area contributed by atoms with Gasteiger partial charge in [-0.05, 0) is 75.0 Å². The van der Waals surface area contributed by atoms with Gasteiger partial charge in [-0.25, -0.2) is 9.97 Å². The van der Waals surface area contributed by atoms with Crippen LogP contribution in [-0.4, -0.2) is 49.3 Å². The average Bonchev–Trinajstić information content (AvgIpc) is 3.32. The highest BCUT2D eigenvalue weighted by Gasteiger charge is 2.59. The highest BCUT2D eigenvalue weighted by Crippen LogP contribution is 2.61. The zero-order chi connectivity index (χ0) is 28.7. The van der Waals surface area contributed by atoms with E-state index in [1.807, 2.05) is 19.9 Å². The lowest BCUT2D eigenvalue weighted by Crippen LogP contribution is -2.60. The van der Waals surface area contributed by atoms with Crippen molar-refractivity contribution < 1.29 is 19.4 Å². The van der Waals surface area contributed by atoms with Crippen LogP contribution < -0.4 is 0 Å². The third-order valence-electron chi connectivity index (χ3n) is 9.86.